The van der Waals surface area contributed by atoms with Gasteiger partial charge in [-0.1, -0.05) is 42.0 Å². The molecule has 2 aromatic rings. The van der Waals surface area contributed by atoms with Crippen LogP contribution in [0.2, 0.25) is 0 Å². The minimum atomic E-state index is -0.185. The highest BCUT2D eigenvalue weighted by molar-refractivity contribution is 5.29. The first kappa shape index (κ1) is 13.7. The normalized spacial score (nSPS) is 12.4. The fraction of sp³-hybridized carbons (Fsp3) is 0.250. The van der Waals surface area contributed by atoms with Gasteiger partial charge in [0.05, 0.1) is 0 Å². The number of benzene rings is 2. The number of hydrogen-bond acceptors (Lipinski definition) is 2. The molecule has 0 amide bonds. The van der Waals surface area contributed by atoms with Crippen molar-refractivity contribution in [2.75, 3.05) is 0 Å². The van der Waals surface area contributed by atoms with E-state index in [1.165, 1.54) is 17.2 Å². The summed E-state index contributed by atoms with van der Waals surface area (Å²) in [4.78, 5) is 0. The van der Waals surface area contributed by atoms with E-state index in [0.29, 0.717) is 5.56 Å². The molecular weight excluding hydrogens is 239 g/mol. The van der Waals surface area contributed by atoms with Gasteiger partial charge in [-0.15, -0.1) is 0 Å². The quantitative estimate of drug-likeness (QED) is 0.653. The minimum absolute atomic E-state index is 0.0120. The fourth-order valence-electron chi connectivity index (χ4n) is 2.12. The Morgan fingerprint density at radius 2 is 1.79 bits per heavy atom. The highest BCUT2D eigenvalue weighted by Gasteiger charge is 2.11. The molecule has 0 aliphatic heterocycles. The summed E-state index contributed by atoms with van der Waals surface area (Å²) in [5.41, 5.74) is 6.89. The van der Waals surface area contributed by atoms with Crippen LogP contribution in [-0.4, -0.2) is 0 Å². The van der Waals surface area contributed by atoms with Crippen LogP contribution in [0.4, 0.5) is 4.39 Å². The minimum Gasteiger partial charge on any atom is -0.271 e. The Bertz CT molecular complexity index is 549. The molecule has 0 saturated heterocycles. The molecule has 100 valence electrons. The first-order chi connectivity index (χ1) is 9.10. The van der Waals surface area contributed by atoms with Crippen molar-refractivity contribution in [2.24, 2.45) is 5.84 Å². The second kappa shape index (κ2) is 5.95. The van der Waals surface area contributed by atoms with Crippen molar-refractivity contribution >= 4 is 0 Å². The molecule has 19 heavy (non-hydrogen) atoms. The van der Waals surface area contributed by atoms with Gasteiger partial charge in [-0.3, -0.25) is 11.3 Å². The zero-order chi connectivity index (χ0) is 13.8. The van der Waals surface area contributed by atoms with Gasteiger partial charge >= 0.3 is 0 Å². The standard InChI is InChI=1S/C16H19FN2/c1-11-3-5-13(6-4-11)10-16(19-18)14-7-8-15(17)12(2)9-14/h3-9,16,19H,10,18H2,1-2H3. The summed E-state index contributed by atoms with van der Waals surface area (Å²) < 4.78 is 13.3. The summed E-state index contributed by atoms with van der Waals surface area (Å²) in [6.07, 6.45) is 0.780. The Labute approximate surface area is 113 Å². The summed E-state index contributed by atoms with van der Waals surface area (Å²) in [6, 6.07) is 13.4. The molecule has 2 nitrogen and oxygen atoms in total. The SMILES string of the molecule is Cc1ccc(CC(NN)c2ccc(F)c(C)c2)cc1. The number of nitrogens with two attached hydrogens (primary N) is 1. The Morgan fingerprint density at radius 3 is 2.37 bits per heavy atom. The lowest BCUT2D eigenvalue weighted by molar-refractivity contribution is 0.548. The molecular formula is C16H19FN2. The number of hydrazine groups is 1. The molecule has 0 aromatic heterocycles. The number of halogens is 1. The maximum atomic E-state index is 13.3. The van der Waals surface area contributed by atoms with Crippen LogP contribution in [0.25, 0.3) is 0 Å². The molecule has 1 unspecified atom stereocenters. The van der Waals surface area contributed by atoms with E-state index in [9.17, 15) is 4.39 Å². The Morgan fingerprint density at radius 1 is 1.11 bits per heavy atom. The van der Waals surface area contributed by atoms with E-state index in [2.05, 4.69) is 36.6 Å². The molecule has 0 heterocycles. The maximum absolute atomic E-state index is 13.3. The smallest absolute Gasteiger partial charge is 0.126 e. The summed E-state index contributed by atoms with van der Waals surface area (Å²) in [6.45, 7) is 3.82. The van der Waals surface area contributed by atoms with Crippen LogP contribution in [0.15, 0.2) is 42.5 Å². The average molecular weight is 258 g/mol. The van der Waals surface area contributed by atoms with Crippen molar-refractivity contribution in [3.63, 3.8) is 0 Å². The third-order valence-electron chi connectivity index (χ3n) is 3.35. The lowest BCUT2D eigenvalue weighted by Crippen LogP contribution is -2.29. The molecule has 3 heteroatoms. The molecule has 0 saturated carbocycles. The van der Waals surface area contributed by atoms with Gasteiger partial charge in [0.15, 0.2) is 0 Å². The van der Waals surface area contributed by atoms with Crippen LogP contribution >= 0.6 is 0 Å². The predicted molar refractivity (Wildman–Crippen MR) is 76.1 cm³/mol. The molecule has 2 aromatic carbocycles. The van der Waals surface area contributed by atoms with E-state index in [4.69, 9.17) is 5.84 Å². The van der Waals surface area contributed by atoms with Crippen molar-refractivity contribution in [1.29, 1.82) is 0 Å². The second-order valence-corrected chi connectivity index (χ2v) is 4.92. The molecule has 0 fully saturated rings. The summed E-state index contributed by atoms with van der Waals surface area (Å²) in [7, 11) is 0. The highest BCUT2D eigenvalue weighted by Crippen LogP contribution is 2.20. The number of nitrogens with one attached hydrogen (secondary N) is 1. The van der Waals surface area contributed by atoms with E-state index >= 15 is 0 Å². The van der Waals surface area contributed by atoms with Gasteiger partial charge in [-0.05, 0) is 43.0 Å². The van der Waals surface area contributed by atoms with Crippen LogP contribution in [0, 0.1) is 19.7 Å². The molecule has 0 radical (unpaired) electrons. The number of hydrogen-bond donors (Lipinski definition) is 2. The van der Waals surface area contributed by atoms with Crippen LogP contribution in [0.5, 0.6) is 0 Å². The van der Waals surface area contributed by atoms with Crippen LogP contribution in [-0.2, 0) is 6.42 Å². The zero-order valence-electron chi connectivity index (χ0n) is 11.3. The molecule has 0 aliphatic rings. The van der Waals surface area contributed by atoms with Crippen molar-refractivity contribution in [3.8, 4) is 0 Å². The molecule has 2 rings (SSSR count). The van der Waals surface area contributed by atoms with Gasteiger partial charge in [0.1, 0.15) is 5.82 Å². The molecule has 0 bridgehead atoms. The van der Waals surface area contributed by atoms with Gasteiger partial charge in [-0.2, -0.15) is 0 Å². The van der Waals surface area contributed by atoms with Gasteiger partial charge in [0, 0.05) is 6.04 Å². The van der Waals surface area contributed by atoms with Gasteiger partial charge < -0.3 is 0 Å². The first-order valence-electron chi connectivity index (χ1n) is 6.38. The van der Waals surface area contributed by atoms with Gasteiger partial charge in [0.25, 0.3) is 0 Å². The lowest BCUT2D eigenvalue weighted by atomic mass is 9.97. The van der Waals surface area contributed by atoms with Crippen LogP contribution in [0.1, 0.15) is 28.3 Å². The summed E-state index contributed by atoms with van der Waals surface area (Å²) in [5, 5.41) is 0. The lowest BCUT2D eigenvalue weighted by Gasteiger charge is -2.17. The number of aryl methyl sites for hydroxylation is 2. The second-order valence-electron chi connectivity index (χ2n) is 4.92. The molecule has 1 atom stereocenters. The van der Waals surface area contributed by atoms with Crippen molar-refractivity contribution < 1.29 is 4.39 Å². The Balaban J connectivity index is 2.19. The highest BCUT2D eigenvalue weighted by atomic mass is 19.1. The van der Waals surface area contributed by atoms with Crippen LogP contribution in [0.3, 0.4) is 0 Å². The van der Waals surface area contributed by atoms with Gasteiger partial charge in [0.2, 0.25) is 0 Å². The van der Waals surface area contributed by atoms with Gasteiger partial charge in [-0.25, -0.2) is 4.39 Å². The van der Waals surface area contributed by atoms with E-state index in [-0.39, 0.29) is 11.9 Å². The van der Waals surface area contributed by atoms with Crippen LogP contribution < -0.4 is 11.3 Å². The van der Waals surface area contributed by atoms with E-state index < -0.39 is 0 Å². The Kier molecular flexibility index (Phi) is 4.30. The van der Waals surface area contributed by atoms with E-state index in [1.807, 2.05) is 6.07 Å². The van der Waals surface area contributed by atoms with E-state index in [0.717, 1.165) is 12.0 Å². The van der Waals surface area contributed by atoms with E-state index in [1.54, 1.807) is 13.0 Å². The largest absolute Gasteiger partial charge is 0.271 e. The molecule has 3 N–H and O–H groups in total. The average Bonchev–Trinajstić information content (AvgIpc) is 2.41. The zero-order valence-corrected chi connectivity index (χ0v) is 11.3. The Hall–Kier alpha value is -1.71. The number of rotatable bonds is 4. The monoisotopic (exact) mass is 258 g/mol. The van der Waals surface area contributed by atoms with Crippen molar-refractivity contribution in [3.05, 3.63) is 70.5 Å². The summed E-state index contributed by atoms with van der Waals surface area (Å²) in [5.74, 6) is 5.44. The van der Waals surface area contributed by atoms with Crippen molar-refractivity contribution in [1.82, 2.24) is 5.43 Å². The predicted octanol–water partition coefficient (Wildman–Crippen LogP) is 3.19. The maximum Gasteiger partial charge on any atom is 0.126 e. The fourth-order valence-corrected chi connectivity index (χ4v) is 2.12. The van der Waals surface area contributed by atoms with Crippen molar-refractivity contribution in [2.45, 2.75) is 26.3 Å². The third kappa shape index (κ3) is 3.40. The summed E-state index contributed by atoms with van der Waals surface area (Å²) >= 11 is 0. The third-order valence-corrected chi connectivity index (χ3v) is 3.35. The topological polar surface area (TPSA) is 38.0 Å². The molecule has 0 aliphatic carbocycles. The molecule has 0 spiro atoms. The first-order valence-corrected chi connectivity index (χ1v) is 6.38.